The third kappa shape index (κ3) is 5.93. The molecule has 1 aromatic carbocycles. The number of nitrogens with zero attached hydrogens (tertiary/aromatic N) is 3. The first-order chi connectivity index (χ1) is 14.1. The highest BCUT2D eigenvalue weighted by Gasteiger charge is 2.23. The lowest BCUT2D eigenvalue weighted by molar-refractivity contribution is 0.0958. The van der Waals surface area contributed by atoms with Crippen molar-refractivity contribution < 1.29 is 4.79 Å². The zero-order chi connectivity index (χ0) is 20.6. The Morgan fingerprint density at radius 2 is 2.07 bits per heavy atom. The van der Waals surface area contributed by atoms with Gasteiger partial charge in [0.15, 0.2) is 5.96 Å². The minimum atomic E-state index is -0.0808. The quantitative estimate of drug-likeness (QED) is 0.368. The lowest BCUT2D eigenvalue weighted by atomic mass is 10.2. The van der Waals surface area contributed by atoms with E-state index in [9.17, 15) is 4.79 Å². The first-order valence-electron chi connectivity index (χ1n) is 10.1. The summed E-state index contributed by atoms with van der Waals surface area (Å²) in [5, 5.41) is 9.74. The van der Waals surface area contributed by atoms with Crippen molar-refractivity contribution in [2.24, 2.45) is 4.99 Å². The summed E-state index contributed by atoms with van der Waals surface area (Å²) in [5.74, 6) is 0.717. The van der Waals surface area contributed by atoms with Gasteiger partial charge in [-0.3, -0.25) is 9.79 Å². The molecular formula is C21H30N6OS. The van der Waals surface area contributed by atoms with E-state index in [0.717, 1.165) is 37.7 Å². The van der Waals surface area contributed by atoms with Gasteiger partial charge in [0.25, 0.3) is 5.91 Å². The van der Waals surface area contributed by atoms with Crippen LogP contribution in [-0.4, -0.2) is 55.6 Å². The summed E-state index contributed by atoms with van der Waals surface area (Å²) in [6.45, 7) is 9.81. The van der Waals surface area contributed by atoms with E-state index in [2.05, 4.69) is 68.9 Å². The number of aromatic nitrogens is 1. The van der Waals surface area contributed by atoms with Gasteiger partial charge in [-0.1, -0.05) is 17.7 Å². The summed E-state index contributed by atoms with van der Waals surface area (Å²) in [6.07, 6.45) is 1.07. The molecule has 3 rings (SSSR count). The molecule has 0 saturated carbocycles. The highest BCUT2D eigenvalue weighted by atomic mass is 32.1. The number of carbonyl (C=O) groups is 1. The SMILES string of the molecule is CCNC(=NCCNC(=O)c1scnc1C)NC1CCN(c2ccc(C)cc2)C1. The van der Waals surface area contributed by atoms with Gasteiger partial charge in [0.2, 0.25) is 0 Å². The van der Waals surface area contributed by atoms with E-state index in [1.54, 1.807) is 5.51 Å². The van der Waals surface area contributed by atoms with Gasteiger partial charge in [-0.25, -0.2) is 4.98 Å². The van der Waals surface area contributed by atoms with Crippen LogP contribution < -0.4 is 20.9 Å². The van der Waals surface area contributed by atoms with Crippen molar-refractivity contribution in [3.05, 3.63) is 45.9 Å². The highest BCUT2D eigenvalue weighted by molar-refractivity contribution is 7.11. The summed E-state index contributed by atoms with van der Waals surface area (Å²) < 4.78 is 0. The Balaban J connectivity index is 1.47. The number of rotatable bonds is 7. The number of guanidine groups is 1. The van der Waals surface area contributed by atoms with Gasteiger partial charge in [-0.15, -0.1) is 11.3 Å². The summed E-state index contributed by atoms with van der Waals surface area (Å²) in [4.78, 5) is 23.9. The number of aryl methyl sites for hydroxylation is 2. The summed E-state index contributed by atoms with van der Waals surface area (Å²) >= 11 is 1.36. The Morgan fingerprint density at radius 3 is 2.76 bits per heavy atom. The average molecular weight is 415 g/mol. The molecule has 0 radical (unpaired) electrons. The van der Waals surface area contributed by atoms with Crippen molar-refractivity contribution >= 4 is 28.9 Å². The topological polar surface area (TPSA) is 81.6 Å². The van der Waals surface area contributed by atoms with E-state index in [1.165, 1.54) is 22.6 Å². The van der Waals surface area contributed by atoms with Gasteiger partial charge >= 0.3 is 0 Å². The molecular weight excluding hydrogens is 384 g/mol. The number of hydrogen-bond donors (Lipinski definition) is 3. The van der Waals surface area contributed by atoms with Crippen LogP contribution in [0.1, 0.15) is 34.3 Å². The zero-order valence-corrected chi connectivity index (χ0v) is 18.2. The molecule has 1 aliphatic rings. The Bertz CT molecular complexity index is 832. The van der Waals surface area contributed by atoms with Crippen molar-refractivity contribution in [3.63, 3.8) is 0 Å². The molecule has 3 N–H and O–H groups in total. The second-order valence-corrected chi connectivity index (χ2v) is 8.05. The van der Waals surface area contributed by atoms with Crippen LogP contribution in [0.5, 0.6) is 0 Å². The van der Waals surface area contributed by atoms with Crippen molar-refractivity contribution in [2.75, 3.05) is 37.6 Å². The molecule has 1 fully saturated rings. The highest BCUT2D eigenvalue weighted by Crippen LogP contribution is 2.20. The summed E-state index contributed by atoms with van der Waals surface area (Å²) in [7, 11) is 0. The number of amides is 1. The molecule has 1 amide bonds. The van der Waals surface area contributed by atoms with Crippen LogP contribution in [0.15, 0.2) is 34.8 Å². The Labute approximate surface area is 176 Å². The van der Waals surface area contributed by atoms with Gasteiger partial charge in [0.1, 0.15) is 4.88 Å². The van der Waals surface area contributed by atoms with Gasteiger partial charge in [0.05, 0.1) is 17.7 Å². The van der Waals surface area contributed by atoms with Crippen LogP contribution in [0.25, 0.3) is 0 Å². The minimum Gasteiger partial charge on any atom is -0.369 e. The average Bonchev–Trinajstić information content (AvgIpc) is 3.35. The predicted molar refractivity (Wildman–Crippen MR) is 120 cm³/mol. The van der Waals surface area contributed by atoms with Crippen LogP contribution >= 0.6 is 11.3 Å². The number of anilines is 1. The molecule has 156 valence electrons. The molecule has 0 aliphatic carbocycles. The van der Waals surface area contributed by atoms with Gasteiger partial charge in [-0.05, 0) is 39.3 Å². The lowest BCUT2D eigenvalue weighted by Gasteiger charge is -2.20. The second kappa shape index (κ2) is 10.2. The third-order valence-corrected chi connectivity index (χ3v) is 5.82. The molecule has 1 atom stereocenters. The molecule has 1 aliphatic heterocycles. The maximum Gasteiger partial charge on any atom is 0.263 e. The molecule has 2 heterocycles. The zero-order valence-electron chi connectivity index (χ0n) is 17.4. The van der Waals surface area contributed by atoms with Crippen LogP contribution in [0, 0.1) is 13.8 Å². The second-order valence-electron chi connectivity index (χ2n) is 7.19. The fourth-order valence-electron chi connectivity index (χ4n) is 3.32. The van der Waals surface area contributed by atoms with Crippen LogP contribution in [0.2, 0.25) is 0 Å². The van der Waals surface area contributed by atoms with E-state index in [1.807, 2.05) is 6.92 Å². The molecule has 0 bridgehead atoms. The molecule has 1 unspecified atom stereocenters. The van der Waals surface area contributed by atoms with E-state index in [0.29, 0.717) is 24.0 Å². The summed E-state index contributed by atoms with van der Waals surface area (Å²) in [6, 6.07) is 9.03. The van der Waals surface area contributed by atoms with Crippen molar-refractivity contribution in [1.29, 1.82) is 0 Å². The Kier molecular flexibility index (Phi) is 7.46. The van der Waals surface area contributed by atoms with Gasteiger partial charge < -0.3 is 20.9 Å². The number of thiazole rings is 1. The first kappa shape index (κ1) is 21.1. The number of benzene rings is 1. The molecule has 29 heavy (non-hydrogen) atoms. The van der Waals surface area contributed by atoms with E-state index >= 15 is 0 Å². The van der Waals surface area contributed by atoms with Crippen LogP contribution in [-0.2, 0) is 0 Å². The maximum absolute atomic E-state index is 12.1. The Hall–Kier alpha value is -2.61. The number of carbonyl (C=O) groups excluding carboxylic acids is 1. The molecule has 2 aromatic rings. The fraction of sp³-hybridized carbons (Fsp3) is 0.476. The van der Waals surface area contributed by atoms with Crippen molar-refractivity contribution in [2.45, 2.75) is 33.2 Å². The maximum atomic E-state index is 12.1. The van der Waals surface area contributed by atoms with Crippen LogP contribution in [0.3, 0.4) is 0 Å². The normalized spacial score (nSPS) is 16.7. The first-order valence-corrected chi connectivity index (χ1v) is 11.0. The monoisotopic (exact) mass is 414 g/mol. The Morgan fingerprint density at radius 1 is 1.28 bits per heavy atom. The third-order valence-electron chi connectivity index (χ3n) is 4.89. The van der Waals surface area contributed by atoms with Crippen molar-refractivity contribution in [3.8, 4) is 0 Å². The molecule has 7 nitrogen and oxygen atoms in total. The molecule has 8 heteroatoms. The van der Waals surface area contributed by atoms with E-state index < -0.39 is 0 Å². The molecule has 0 spiro atoms. The fourth-order valence-corrected chi connectivity index (χ4v) is 4.04. The van der Waals surface area contributed by atoms with Crippen LogP contribution in [0.4, 0.5) is 5.69 Å². The number of aliphatic imine (C=N–C) groups is 1. The predicted octanol–water partition coefficient (Wildman–Crippen LogP) is 2.32. The smallest absolute Gasteiger partial charge is 0.263 e. The van der Waals surface area contributed by atoms with E-state index in [-0.39, 0.29) is 5.91 Å². The van der Waals surface area contributed by atoms with Gasteiger partial charge in [0, 0.05) is 37.9 Å². The largest absolute Gasteiger partial charge is 0.369 e. The number of nitrogens with one attached hydrogen (secondary N) is 3. The lowest BCUT2D eigenvalue weighted by Crippen LogP contribution is -2.45. The standard InChI is InChI=1S/C21H30N6OS/c1-4-22-21(24-11-10-23-20(28)19-16(3)25-14-29-19)26-17-9-12-27(13-17)18-7-5-15(2)6-8-18/h5-8,14,17H,4,9-13H2,1-3H3,(H,23,28)(H2,22,24,26). The molecule has 1 aromatic heterocycles. The number of hydrogen-bond acceptors (Lipinski definition) is 5. The molecule has 1 saturated heterocycles. The minimum absolute atomic E-state index is 0.0808. The van der Waals surface area contributed by atoms with Crippen molar-refractivity contribution in [1.82, 2.24) is 20.9 Å². The van der Waals surface area contributed by atoms with Gasteiger partial charge in [-0.2, -0.15) is 0 Å². The summed E-state index contributed by atoms with van der Waals surface area (Å²) in [5.41, 5.74) is 5.01. The van der Waals surface area contributed by atoms with E-state index in [4.69, 9.17) is 0 Å².